The second kappa shape index (κ2) is 10.2. The Morgan fingerprint density at radius 2 is 2.03 bits per heavy atom. The summed E-state index contributed by atoms with van der Waals surface area (Å²) in [6, 6.07) is 4.38. The highest BCUT2D eigenvalue weighted by Gasteiger charge is 2.30. The van der Waals surface area contributed by atoms with Gasteiger partial charge in [-0.3, -0.25) is 9.69 Å². The zero-order valence-electron chi connectivity index (χ0n) is 21.2. The highest BCUT2D eigenvalue weighted by atomic mass is 19.1. The monoisotopic (exact) mass is 530 g/mol. The molecule has 0 aromatic carbocycles. The quantitative estimate of drug-likeness (QED) is 0.397. The molecule has 0 bridgehead atoms. The first-order chi connectivity index (χ1) is 18.8. The average molecular weight is 531 g/mol. The summed E-state index contributed by atoms with van der Waals surface area (Å²) in [5.41, 5.74) is 1.99. The number of aromatic nitrogens is 5. The first-order valence-electron chi connectivity index (χ1n) is 11.9. The van der Waals surface area contributed by atoms with Gasteiger partial charge >= 0.3 is 0 Å². The van der Waals surface area contributed by atoms with Gasteiger partial charge in [-0.2, -0.15) is 5.10 Å². The first kappa shape index (κ1) is 25.3. The zero-order valence-corrected chi connectivity index (χ0v) is 21.2. The second-order valence-corrected chi connectivity index (χ2v) is 8.85. The van der Waals surface area contributed by atoms with Crippen molar-refractivity contribution in [2.24, 2.45) is 0 Å². The fourth-order valence-corrected chi connectivity index (χ4v) is 4.34. The van der Waals surface area contributed by atoms with Gasteiger partial charge < -0.3 is 20.9 Å². The molecule has 1 atom stereocenters. The van der Waals surface area contributed by atoms with E-state index in [0.717, 1.165) is 12.3 Å². The summed E-state index contributed by atoms with van der Waals surface area (Å²) in [5.74, 6) is 2.95. The molecular formula is C25H23FN10O3. The van der Waals surface area contributed by atoms with Gasteiger partial charge in [0.15, 0.2) is 34.6 Å². The van der Waals surface area contributed by atoms with E-state index in [4.69, 9.17) is 0 Å². The fraction of sp³-hybridized carbons (Fsp3) is 0.240. The maximum absolute atomic E-state index is 14.6. The highest BCUT2D eigenvalue weighted by molar-refractivity contribution is 5.94. The van der Waals surface area contributed by atoms with E-state index in [9.17, 15) is 18.8 Å². The summed E-state index contributed by atoms with van der Waals surface area (Å²) in [6.07, 6.45) is 4.14. The minimum Gasteiger partial charge on any atom is -0.385 e. The number of nitrogens with one attached hydrogen (secondary N) is 3. The van der Waals surface area contributed by atoms with Gasteiger partial charge in [-0.1, -0.05) is 0 Å². The number of likely N-dealkylation sites (tertiary alicyclic amines) is 1. The number of allylic oxidation sites excluding steroid dienone is 2. The van der Waals surface area contributed by atoms with Crippen molar-refractivity contribution in [2.45, 2.75) is 19.4 Å². The number of hydrogen-bond acceptors (Lipinski definition) is 11. The molecule has 3 aromatic heterocycles. The van der Waals surface area contributed by atoms with Crippen LogP contribution in [0.2, 0.25) is 0 Å². The Kier molecular flexibility index (Phi) is 6.63. The van der Waals surface area contributed by atoms with Gasteiger partial charge in [0.25, 0.3) is 5.91 Å². The molecule has 198 valence electrons. The zero-order chi connectivity index (χ0) is 27.7. The van der Waals surface area contributed by atoms with Crippen molar-refractivity contribution >= 4 is 40.8 Å². The van der Waals surface area contributed by atoms with Crippen LogP contribution in [-0.4, -0.2) is 74.2 Å². The number of fused-ring (bicyclic) bond motifs is 1. The Bertz CT molecular complexity index is 1630. The number of amides is 1. The van der Waals surface area contributed by atoms with Crippen molar-refractivity contribution in [3.8, 4) is 0 Å². The summed E-state index contributed by atoms with van der Waals surface area (Å²) in [7, 11) is 3.42. The molecule has 14 heteroatoms. The summed E-state index contributed by atoms with van der Waals surface area (Å²) in [4.78, 5) is 43.7. The van der Waals surface area contributed by atoms with Crippen molar-refractivity contribution in [2.75, 3.05) is 36.2 Å². The number of anilines is 3. The lowest BCUT2D eigenvalue weighted by Crippen LogP contribution is -2.36. The first-order valence-corrected chi connectivity index (χ1v) is 11.9. The number of halogens is 1. The maximum atomic E-state index is 14.6. The van der Waals surface area contributed by atoms with E-state index in [-0.39, 0.29) is 28.7 Å². The van der Waals surface area contributed by atoms with E-state index in [2.05, 4.69) is 36.2 Å². The minimum atomic E-state index is -0.656. The molecule has 0 saturated carbocycles. The fourth-order valence-electron chi connectivity index (χ4n) is 4.34. The summed E-state index contributed by atoms with van der Waals surface area (Å²) >= 11 is 0. The molecule has 2 aliphatic rings. The lowest BCUT2D eigenvalue weighted by atomic mass is 10.2. The molecule has 0 spiro atoms. The van der Waals surface area contributed by atoms with Gasteiger partial charge in [-0.15, -0.1) is 10.2 Å². The predicted molar refractivity (Wildman–Crippen MR) is 140 cm³/mol. The van der Waals surface area contributed by atoms with Crippen LogP contribution in [0.15, 0.2) is 59.6 Å². The SMILES string of the molecule is CNc1cc(NC2=CC(F)=CN(c3ccc(C)nn3)C2=C=O)nn2c(C(=O)N[C@@H]3CCN(C)C3=C=O)cnc12. The maximum Gasteiger partial charge on any atom is 0.272 e. The van der Waals surface area contributed by atoms with Crippen LogP contribution in [0.25, 0.3) is 5.65 Å². The summed E-state index contributed by atoms with van der Waals surface area (Å²) in [6.45, 7) is 2.36. The van der Waals surface area contributed by atoms with E-state index < -0.39 is 17.8 Å². The second-order valence-electron chi connectivity index (χ2n) is 8.85. The predicted octanol–water partition coefficient (Wildman–Crippen LogP) is 1.36. The summed E-state index contributed by atoms with van der Waals surface area (Å²) in [5, 5.41) is 21.2. The molecule has 0 unspecified atom stereocenters. The van der Waals surface area contributed by atoms with Crippen LogP contribution >= 0.6 is 0 Å². The van der Waals surface area contributed by atoms with E-state index in [0.29, 0.717) is 35.7 Å². The largest absolute Gasteiger partial charge is 0.385 e. The molecule has 3 aromatic rings. The number of nitrogens with zero attached hydrogens (tertiary/aromatic N) is 7. The van der Waals surface area contributed by atoms with Gasteiger partial charge in [0, 0.05) is 39.0 Å². The van der Waals surface area contributed by atoms with E-state index in [1.54, 1.807) is 44.1 Å². The third-order valence-electron chi connectivity index (χ3n) is 6.29. The Labute approximate surface area is 221 Å². The number of carbonyl (C=O) groups excluding carboxylic acids is 3. The van der Waals surface area contributed by atoms with E-state index in [1.165, 1.54) is 15.6 Å². The topological polar surface area (TPSA) is 150 Å². The molecule has 1 saturated heterocycles. The summed E-state index contributed by atoms with van der Waals surface area (Å²) < 4.78 is 16.0. The van der Waals surface area contributed by atoms with Crippen LogP contribution in [0, 0.1) is 6.92 Å². The molecule has 0 radical (unpaired) electrons. The molecule has 13 nitrogen and oxygen atoms in total. The van der Waals surface area contributed by atoms with Gasteiger partial charge in [-0.05, 0) is 25.5 Å². The number of likely N-dealkylation sites (N-methyl/N-ethyl adjacent to an activating group) is 1. The molecule has 1 fully saturated rings. The number of imidazole rings is 1. The molecule has 3 N–H and O–H groups in total. The van der Waals surface area contributed by atoms with E-state index >= 15 is 0 Å². The molecule has 1 amide bonds. The average Bonchev–Trinajstić information content (AvgIpc) is 3.51. The van der Waals surface area contributed by atoms with Gasteiger partial charge in [0.2, 0.25) is 0 Å². The van der Waals surface area contributed by atoms with Gasteiger partial charge in [-0.25, -0.2) is 23.5 Å². The smallest absolute Gasteiger partial charge is 0.272 e. The molecule has 39 heavy (non-hydrogen) atoms. The van der Waals surface area contributed by atoms with Crippen LogP contribution in [0.3, 0.4) is 0 Å². The van der Waals surface area contributed by atoms with Crippen LogP contribution < -0.4 is 20.9 Å². The lowest BCUT2D eigenvalue weighted by Gasteiger charge is -2.25. The van der Waals surface area contributed by atoms with Crippen molar-refractivity contribution in [3.63, 3.8) is 0 Å². The number of carbonyl (C=O) groups is 1. The van der Waals surface area contributed by atoms with Gasteiger partial charge in [0.05, 0.1) is 29.3 Å². The van der Waals surface area contributed by atoms with Crippen molar-refractivity contribution in [1.29, 1.82) is 0 Å². The third-order valence-corrected chi connectivity index (χ3v) is 6.29. The van der Waals surface area contributed by atoms with Crippen molar-refractivity contribution in [1.82, 2.24) is 35.0 Å². The lowest BCUT2D eigenvalue weighted by molar-refractivity contribution is 0.0936. The Morgan fingerprint density at radius 1 is 1.21 bits per heavy atom. The minimum absolute atomic E-state index is 0.0513. The van der Waals surface area contributed by atoms with Crippen LogP contribution in [0.5, 0.6) is 0 Å². The van der Waals surface area contributed by atoms with Crippen LogP contribution in [-0.2, 0) is 9.59 Å². The van der Waals surface area contributed by atoms with Crippen LogP contribution in [0.4, 0.5) is 21.7 Å². The van der Waals surface area contributed by atoms with Gasteiger partial charge in [0.1, 0.15) is 17.5 Å². The van der Waals surface area contributed by atoms with Crippen molar-refractivity contribution in [3.05, 3.63) is 71.0 Å². The third kappa shape index (κ3) is 4.73. The Hall–Kier alpha value is -5.32. The molecular weight excluding hydrogens is 507 g/mol. The Balaban J connectivity index is 1.48. The molecule has 2 aliphatic heterocycles. The normalized spacial score (nSPS) is 17.0. The highest BCUT2D eigenvalue weighted by Crippen LogP contribution is 2.29. The van der Waals surface area contributed by atoms with E-state index in [1.807, 2.05) is 11.9 Å². The number of rotatable bonds is 6. The molecule has 0 aliphatic carbocycles. The van der Waals surface area contributed by atoms with Crippen LogP contribution in [0.1, 0.15) is 22.6 Å². The standard InChI is InChI=1S/C25H23FN10O3/c1-14-4-5-23(32-31-14)35-11-15(26)8-17(21(35)13-38)29-22-9-18(27-2)24-28-10-19(36(24)33-22)25(39)30-16-6-7-34(3)20(16)12-37/h4-5,8-11,16,27H,6-7H2,1-3H3,(H,29,33)(H,30,39)/t16-/m1/s1. The van der Waals surface area contributed by atoms with Crippen molar-refractivity contribution < 1.29 is 18.8 Å². The number of aryl methyl sites for hydroxylation is 1. The number of hydrogen-bond donors (Lipinski definition) is 3. The Morgan fingerprint density at radius 3 is 2.72 bits per heavy atom. The molecule has 5 rings (SSSR count). The molecule has 5 heterocycles.